The van der Waals surface area contributed by atoms with Crippen molar-refractivity contribution in [3.05, 3.63) is 5.21 Å². The largest absolute Gasteiger partial charge is 0.738 e. The quantitative estimate of drug-likeness (QED) is 0.485. The highest BCUT2D eigenvalue weighted by atomic mass is 17.1. The topological polar surface area (TPSA) is 44.8 Å². The van der Waals surface area contributed by atoms with Crippen molar-refractivity contribution < 1.29 is 9.68 Å². The van der Waals surface area contributed by atoms with Crippen molar-refractivity contribution in [3.63, 3.8) is 0 Å². The maximum atomic E-state index is 9.88. The van der Waals surface area contributed by atoms with Gasteiger partial charge in [-0.2, -0.15) is 0 Å². The Morgan fingerprint density at radius 3 is 2.43 bits per heavy atom. The molecule has 0 atom stereocenters. The second kappa shape index (κ2) is 4.01. The van der Waals surface area contributed by atoms with Crippen LogP contribution >= 0.6 is 0 Å². The molecular formula is C3H8NO3-. The van der Waals surface area contributed by atoms with Crippen molar-refractivity contribution in [1.82, 2.24) is 5.39 Å². The lowest BCUT2D eigenvalue weighted by atomic mass is 10.9. The minimum Gasteiger partial charge on any atom is -0.738 e. The fourth-order valence-electron chi connectivity index (χ4n) is 0.158. The first-order valence-electron chi connectivity index (χ1n) is 1.95. The summed E-state index contributed by atoms with van der Waals surface area (Å²) in [6, 6.07) is 0. The lowest BCUT2D eigenvalue weighted by Gasteiger charge is -2.21. The summed E-state index contributed by atoms with van der Waals surface area (Å²) in [5.74, 6) is 0. The highest BCUT2D eigenvalue weighted by molar-refractivity contribution is 4.14. The molecule has 0 aromatic carbocycles. The zero-order valence-electron chi connectivity index (χ0n) is 4.38. The summed E-state index contributed by atoms with van der Waals surface area (Å²) >= 11 is 0. The van der Waals surface area contributed by atoms with E-state index in [-0.39, 0.29) is 5.39 Å². The maximum absolute atomic E-state index is 9.88. The smallest absolute Gasteiger partial charge is 0.0672 e. The summed E-state index contributed by atoms with van der Waals surface area (Å²) in [6.45, 7) is 2.03. The first kappa shape index (κ1) is 6.84. The molecule has 0 rings (SSSR count). The lowest BCUT2D eigenvalue weighted by Crippen LogP contribution is -2.14. The molecule has 0 bridgehead atoms. The van der Waals surface area contributed by atoms with Gasteiger partial charge in [0, 0.05) is 0 Å². The second-order valence-electron chi connectivity index (χ2n) is 0.824. The zero-order chi connectivity index (χ0) is 5.70. The Hall–Kier alpha value is -0.160. The molecule has 0 aliphatic heterocycles. The maximum Gasteiger partial charge on any atom is 0.0672 e. The normalized spacial score (nSPS) is 10.3. The number of hydrogen-bond donors (Lipinski definition) is 0. The third-order valence-corrected chi connectivity index (χ3v) is 0.384. The second-order valence-corrected chi connectivity index (χ2v) is 0.824. The SMILES string of the molecule is CCON([O-])OC. The van der Waals surface area contributed by atoms with Crippen LogP contribution < -0.4 is 0 Å². The molecule has 0 aromatic rings. The molecule has 0 N–H and O–H groups in total. The van der Waals surface area contributed by atoms with Crippen LogP contribution in [0, 0.1) is 5.21 Å². The van der Waals surface area contributed by atoms with Crippen molar-refractivity contribution in [3.8, 4) is 0 Å². The highest BCUT2D eigenvalue weighted by Crippen LogP contribution is 1.82. The third kappa shape index (κ3) is 3.68. The molecule has 0 unspecified atom stereocenters. The van der Waals surface area contributed by atoms with E-state index in [4.69, 9.17) is 0 Å². The molecule has 0 aliphatic rings. The first-order chi connectivity index (χ1) is 3.31. The van der Waals surface area contributed by atoms with Crippen LogP contribution in [0.2, 0.25) is 0 Å². The van der Waals surface area contributed by atoms with Gasteiger partial charge < -0.3 is 5.21 Å². The summed E-state index contributed by atoms with van der Waals surface area (Å²) in [5.41, 5.74) is 0. The minimum atomic E-state index is 0.0556. The van der Waals surface area contributed by atoms with Gasteiger partial charge in [0.05, 0.1) is 13.7 Å². The van der Waals surface area contributed by atoms with Crippen LogP contribution in [0.4, 0.5) is 0 Å². The van der Waals surface area contributed by atoms with Crippen LogP contribution in [0.5, 0.6) is 0 Å². The Morgan fingerprint density at radius 1 is 1.71 bits per heavy atom. The molecule has 0 amide bonds. The van der Waals surface area contributed by atoms with E-state index in [2.05, 4.69) is 9.68 Å². The molecule has 7 heavy (non-hydrogen) atoms. The number of hydrogen-bond acceptors (Lipinski definition) is 4. The Labute approximate surface area is 42.1 Å². The van der Waals surface area contributed by atoms with Gasteiger partial charge in [0.2, 0.25) is 0 Å². The molecule has 0 saturated heterocycles. The summed E-state index contributed by atoms with van der Waals surface area (Å²) in [6.07, 6.45) is 0. The zero-order valence-corrected chi connectivity index (χ0v) is 4.38. The van der Waals surface area contributed by atoms with E-state index in [1.165, 1.54) is 7.11 Å². The summed E-state index contributed by atoms with van der Waals surface area (Å²) < 4.78 is 0. The predicted octanol–water partition coefficient (Wildman–Crippen LogP) is 0.299. The molecule has 4 heteroatoms. The van der Waals surface area contributed by atoms with Gasteiger partial charge in [0.25, 0.3) is 0 Å². The van der Waals surface area contributed by atoms with Crippen molar-refractivity contribution >= 4 is 0 Å². The van der Waals surface area contributed by atoms with Crippen LogP contribution in [-0.2, 0) is 9.68 Å². The molecule has 0 heterocycles. The number of nitrogens with zero attached hydrogens (tertiary/aromatic N) is 1. The molecule has 0 fully saturated rings. The van der Waals surface area contributed by atoms with Gasteiger partial charge in [0.15, 0.2) is 0 Å². The Kier molecular flexibility index (Phi) is 3.92. The molecule has 0 aromatic heterocycles. The third-order valence-electron chi connectivity index (χ3n) is 0.384. The average molecular weight is 106 g/mol. The minimum absolute atomic E-state index is 0.0556. The van der Waals surface area contributed by atoms with E-state index in [0.717, 1.165) is 0 Å². The first-order valence-corrected chi connectivity index (χ1v) is 1.95. The van der Waals surface area contributed by atoms with Gasteiger partial charge >= 0.3 is 0 Å². The Morgan fingerprint density at radius 2 is 2.29 bits per heavy atom. The van der Waals surface area contributed by atoms with Crippen LogP contribution in [-0.4, -0.2) is 19.1 Å². The number of rotatable bonds is 3. The molecular weight excluding hydrogens is 98.0 g/mol. The van der Waals surface area contributed by atoms with Gasteiger partial charge in [-0.3, -0.25) is 9.68 Å². The fourth-order valence-corrected chi connectivity index (χ4v) is 0.158. The molecule has 0 spiro atoms. The Balaban J connectivity index is 2.83. The van der Waals surface area contributed by atoms with E-state index in [1.54, 1.807) is 6.92 Å². The van der Waals surface area contributed by atoms with Crippen LogP contribution in [0.25, 0.3) is 0 Å². The van der Waals surface area contributed by atoms with E-state index in [1.807, 2.05) is 0 Å². The van der Waals surface area contributed by atoms with E-state index in [9.17, 15) is 5.21 Å². The molecule has 0 radical (unpaired) electrons. The van der Waals surface area contributed by atoms with Gasteiger partial charge in [0.1, 0.15) is 0 Å². The van der Waals surface area contributed by atoms with Gasteiger partial charge in [-0.15, -0.1) is 5.39 Å². The predicted molar refractivity (Wildman–Crippen MR) is 23.8 cm³/mol. The summed E-state index contributed by atoms with van der Waals surface area (Å²) in [5, 5.41) is 9.94. The molecule has 4 nitrogen and oxygen atoms in total. The molecule has 44 valence electrons. The standard InChI is InChI=1S/C3H8NO3/c1-3-7-4(5)6-2/h3H2,1-2H3/q-1. The van der Waals surface area contributed by atoms with Gasteiger partial charge in [-0.05, 0) is 6.92 Å². The van der Waals surface area contributed by atoms with Crippen LogP contribution in [0.15, 0.2) is 0 Å². The van der Waals surface area contributed by atoms with E-state index in [0.29, 0.717) is 6.61 Å². The van der Waals surface area contributed by atoms with Crippen LogP contribution in [0.1, 0.15) is 6.92 Å². The fraction of sp³-hybridized carbons (Fsp3) is 1.00. The van der Waals surface area contributed by atoms with Gasteiger partial charge in [-0.1, -0.05) is 0 Å². The van der Waals surface area contributed by atoms with Crippen molar-refractivity contribution in [2.45, 2.75) is 6.92 Å². The van der Waals surface area contributed by atoms with Crippen LogP contribution in [0.3, 0.4) is 0 Å². The summed E-state index contributed by atoms with van der Waals surface area (Å²) in [4.78, 5) is 8.29. The molecule has 0 aliphatic carbocycles. The van der Waals surface area contributed by atoms with E-state index < -0.39 is 0 Å². The Bertz CT molecular complexity index is 41.2. The molecule has 0 saturated carbocycles. The van der Waals surface area contributed by atoms with Crippen molar-refractivity contribution in [1.29, 1.82) is 0 Å². The van der Waals surface area contributed by atoms with Crippen molar-refractivity contribution in [2.75, 3.05) is 13.7 Å². The monoisotopic (exact) mass is 106 g/mol. The highest BCUT2D eigenvalue weighted by Gasteiger charge is 1.78. The summed E-state index contributed by atoms with van der Waals surface area (Å²) in [7, 11) is 1.24. The van der Waals surface area contributed by atoms with Gasteiger partial charge in [-0.25, -0.2) is 0 Å². The van der Waals surface area contributed by atoms with Crippen molar-refractivity contribution in [2.24, 2.45) is 0 Å². The lowest BCUT2D eigenvalue weighted by molar-refractivity contribution is -0.320. The van der Waals surface area contributed by atoms with E-state index >= 15 is 0 Å². The average Bonchev–Trinajstić information content (AvgIpc) is 1.68.